The molecule has 0 bridgehead atoms. The first-order valence-electron chi connectivity index (χ1n) is 10.5. The van der Waals surface area contributed by atoms with E-state index in [9.17, 15) is 27.5 Å². The summed E-state index contributed by atoms with van der Waals surface area (Å²) in [5.74, 6) is -1.14. The molecule has 4 rings (SSSR count). The number of hydrogen-bond donors (Lipinski definition) is 2. The number of phenols is 1. The fraction of sp³-hybridized carbons (Fsp3) is 0.167. The molecule has 8 nitrogen and oxygen atoms in total. The second kappa shape index (κ2) is 9.52. The number of piperazine rings is 1. The monoisotopic (exact) mass is 483 g/mol. The van der Waals surface area contributed by atoms with Gasteiger partial charge in [0.1, 0.15) is 11.6 Å². The second-order valence-electron chi connectivity index (χ2n) is 7.74. The number of aromatic hydroxyl groups is 1. The average Bonchev–Trinajstić information content (AvgIpc) is 2.84. The maximum atomic E-state index is 13.0. The zero-order valence-corrected chi connectivity index (χ0v) is 18.8. The Morgan fingerprint density at radius 1 is 0.794 bits per heavy atom. The number of nitrogens with one attached hydrogen (secondary N) is 1. The third-order valence-electron chi connectivity index (χ3n) is 5.50. The lowest BCUT2D eigenvalue weighted by molar-refractivity contribution is 0.0533. The fourth-order valence-electron chi connectivity index (χ4n) is 3.63. The van der Waals surface area contributed by atoms with E-state index < -0.39 is 15.8 Å². The first kappa shape index (κ1) is 23.2. The van der Waals surface area contributed by atoms with Gasteiger partial charge in [0.25, 0.3) is 21.8 Å². The largest absolute Gasteiger partial charge is 0.507 e. The lowest BCUT2D eigenvalue weighted by atomic mass is 10.1. The van der Waals surface area contributed by atoms with Crippen molar-refractivity contribution < 1.29 is 27.5 Å². The van der Waals surface area contributed by atoms with Crippen LogP contribution in [0.3, 0.4) is 0 Å². The molecule has 1 fully saturated rings. The Labute approximate surface area is 196 Å². The van der Waals surface area contributed by atoms with E-state index in [1.165, 1.54) is 42.5 Å². The molecule has 176 valence electrons. The molecule has 2 amide bonds. The van der Waals surface area contributed by atoms with Crippen molar-refractivity contribution in [1.82, 2.24) is 9.80 Å². The summed E-state index contributed by atoms with van der Waals surface area (Å²) in [6, 6.07) is 16.8. The number of hydrogen-bond acceptors (Lipinski definition) is 5. The summed E-state index contributed by atoms with van der Waals surface area (Å²) >= 11 is 0. The molecule has 1 aliphatic heterocycles. The van der Waals surface area contributed by atoms with Gasteiger partial charge in [0.15, 0.2) is 0 Å². The van der Waals surface area contributed by atoms with Gasteiger partial charge in [0, 0.05) is 37.4 Å². The summed E-state index contributed by atoms with van der Waals surface area (Å²) in [7, 11) is -3.89. The van der Waals surface area contributed by atoms with Gasteiger partial charge in [-0.05, 0) is 60.7 Å². The Morgan fingerprint density at radius 2 is 1.35 bits per heavy atom. The van der Waals surface area contributed by atoms with E-state index in [-0.39, 0.29) is 33.7 Å². The van der Waals surface area contributed by atoms with Gasteiger partial charge in [-0.2, -0.15) is 0 Å². The standard InChI is InChI=1S/C24H22FN3O5S/c25-18-7-11-20(12-8-18)34(32,33)26-19-9-5-17(6-10-19)23(30)27-13-15-28(16-14-27)24(31)21-3-1-2-4-22(21)29/h1-12,26,29H,13-16H2. The van der Waals surface area contributed by atoms with Crippen LogP contribution in [-0.2, 0) is 10.0 Å². The van der Waals surface area contributed by atoms with Crippen molar-refractivity contribution >= 4 is 27.5 Å². The smallest absolute Gasteiger partial charge is 0.261 e. The first-order chi connectivity index (χ1) is 16.2. The predicted molar refractivity (Wildman–Crippen MR) is 124 cm³/mol. The number of carbonyl (C=O) groups is 2. The van der Waals surface area contributed by atoms with Crippen molar-refractivity contribution in [3.05, 3.63) is 89.7 Å². The number of amides is 2. The summed E-state index contributed by atoms with van der Waals surface area (Å²) in [4.78, 5) is 28.6. The Kier molecular flexibility index (Phi) is 6.51. The lowest BCUT2D eigenvalue weighted by Crippen LogP contribution is -2.50. The summed E-state index contributed by atoms with van der Waals surface area (Å²) in [5.41, 5.74) is 0.866. The van der Waals surface area contributed by atoms with Crippen LogP contribution >= 0.6 is 0 Å². The van der Waals surface area contributed by atoms with E-state index in [0.717, 1.165) is 12.1 Å². The number of carbonyl (C=O) groups excluding carboxylic acids is 2. The molecule has 0 radical (unpaired) electrons. The number of halogens is 1. The van der Waals surface area contributed by atoms with Gasteiger partial charge in [0.2, 0.25) is 0 Å². The van der Waals surface area contributed by atoms with E-state index in [1.54, 1.807) is 28.0 Å². The van der Waals surface area contributed by atoms with Gasteiger partial charge in [0.05, 0.1) is 10.5 Å². The number of para-hydroxylation sites is 1. The number of anilines is 1. The second-order valence-corrected chi connectivity index (χ2v) is 9.42. The minimum Gasteiger partial charge on any atom is -0.507 e. The van der Waals surface area contributed by atoms with Gasteiger partial charge in [-0.25, -0.2) is 12.8 Å². The summed E-state index contributed by atoms with van der Waals surface area (Å²) < 4.78 is 40.3. The van der Waals surface area contributed by atoms with Crippen LogP contribution in [-0.4, -0.2) is 61.3 Å². The number of nitrogens with zero attached hydrogens (tertiary/aromatic N) is 2. The molecule has 3 aromatic rings. The van der Waals surface area contributed by atoms with Crippen LogP contribution in [0.4, 0.5) is 10.1 Å². The molecule has 2 N–H and O–H groups in total. The summed E-state index contributed by atoms with van der Waals surface area (Å²) in [6.07, 6.45) is 0. The van der Waals surface area contributed by atoms with E-state index >= 15 is 0 Å². The minimum atomic E-state index is -3.89. The van der Waals surface area contributed by atoms with Crippen molar-refractivity contribution in [2.75, 3.05) is 30.9 Å². The molecule has 0 aromatic heterocycles. The number of sulfonamides is 1. The Hall–Kier alpha value is -3.92. The highest BCUT2D eigenvalue weighted by atomic mass is 32.2. The van der Waals surface area contributed by atoms with Gasteiger partial charge in [-0.15, -0.1) is 0 Å². The summed E-state index contributed by atoms with van der Waals surface area (Å²) in [5, 5.41) is 9.90. The zero-order chi connectivity index (χ0) is 24.3. The van der Waals surface area contributed by atoms with E-state index in [4.69, 9.17) is 0 Å². The lowest BCUT2D eigenvalue weighted by Gasteiger charge is -2.35. The topological polar surface area (TPSA) is 107 Å². The van der Waals surface area contributed by atoms with Gasteiger partial charge in [-0.3, -0.25) is 14.3 Å². The van der Waals surface area contributed by atoms with Crippen molar-refractivity contribution in [1.29, 1.82) is 0 Å². The van der Waals surface area contributed by atoms with Crippen molar-refractivity contribution in [2.24, 2.45) is 0 Å². The van der Waals surface area contributed by atoms with Gasteiger partial charge < -0.3 is 14.9 Å². The van der Waals surface area contributed by atoms with Gasteiger partial charge >= 0.3 is 0 Å². The van der Waals surface area contributed by atoms with Crippen LogP contribution in [0.25, 0.3) is 0 Å². The van der Waals surface area contributed by atoms with Crippen molar-refractivity contribution in [2.45, 2.75) is 4.90 Å². The highest BCUT2D eigenvalue weighted by Gasteiger charge is 2.26. The SMILES string of the molecule is O=C(c1ccc(NS(=O)(=O)c2ccc(F)cc2)cc1)N1CCN(C(=O)c2ccccc2O)CC1. The van der Waals surface area contributed by atoms with Crippen LogP contribution in [0.15, 0.2) is 77.7 Å². The zero-order valence-electron chi connectivity index (χ0n) is 18.0. The predicted octanol–water partition coefficient (Wildman–Crippen LogP) is 2.93. The molecular formula is C24H22FN3O5S. The first-order valence-corrected chi connectivity index (χ1v) is 12.0. The van der Waals surface area contributed by atoms with Crippen LogP contribution in [0.1, 0.15) is 20.7 Å². The molecule has 0 saturated carbocycles. The molecule has 3 aromatic carbocycles. The molecular weight excluding hydrogens is 461 g/mol. The van der Waals surface area contributed by atoms with E-state index in [0.29, 0.717) is 31.7 Å². The molecule has 34 heavy (non-hydrogen) atoms. The minimum absolute atomic E-state index is 0.0784. The Morgan fingerprint density at radius 3 is 1.94 bits per heavy atom. The quantitative estimate of drug-likeness (QED) is 0.580. The number of phenolic OH excluding ortho intramolecular Hbond substituents is 1. The van der Waals surface area contributed by atoms with E-state index in [1.807, 2.05) is 0 Å². The molecule has 0 atom stereocenters. The van der Waals surface area contributed by atoms with Crippen LogP contribution in [0.5, 0.6) is 5.75 Å². The number of benzene rings is 3. The Balaban J connectivity index is 1.36. The van der Waals surface area contributed by atoms with Crippen molar-refractivity contribution in [3.8, 4) is 5.75 Å². The molecule has 0 unspecified atom stereocenters. The van der Waals surface area contributed by atoms with Crippen LogP contribution in [0.2, 0.25) is 0 Å². The fourth-order valence-corrected chi connectivity index (χ4v) is 4.69. The third-order valence-corrected chi connectivity index (χ3v) is 6.89. The maximum Gasteiger partial charge on any atom is 0.261 e. The van der Waals surface area contributed by atoms with E-state index in [2.05, 4.69) is 4.72 Å². The normalized spacial score (nSPS) is 14.0. The average molecular weight is 484 g/mol. The highest BCUT2D eigenvalue weighted by Crippen LogP contribution is 2.20. The third kappa shape index (κ3) is 5.01. The molecule has 10 heteroatoms. The van der Waals surface area contributed by atoms with Crippen LogP contribution < -0.4 is 4.72 Å². The summed E-state index contributed by atoms with van der Waals surface area (Å²) in [6.45, 7) is 1.32. The Bertz CT molecular complexity index is 1300. The molecule has 1 saturated heterocycles. The van der Waals surface area contributed by atoms with Crippen molar-refractivity contribution in [3.63, 3.8) is 0 Å². The number of rotatable bonds is 5. The maximum absolute atomic E-state index is 13.0. The molecule has 0 aliphatic carbocycles. The van der Waals surface area contributed by atoms with Crippen LogP contribution in [0, 0.1) is 5.82 Å². The molecule has 1 heterocycles. The highest BCUT2D eigenvalue weighted by molar-refractivity contribution is 7.92. The molecule has 1 aliphatic rings. The molecule has 0 spiro atoms. The van der Waals surface area contributed by atoms with Gasteiger partial charge in [-0.1, -0.05) is 12.1 Å².